The summed E-state index contributed by atoms with van der Waals surface area (Å²) in [6.07, 6.45) is 0.696. The van der Waals surface area contributed by atoms with Gasteiger partial charge in [-0.3, -0.25) is 9.89 Å². The number of aryl methyl sites for hydroxylation is 1. The average molecular weight is 399 g/mol. The van der Waals surface area contributed by atoms with Crippen molar-refractivity contribution in [1.29, 1.82) is 0 Å². The zero-order valence-electron chi connectivity index (χ0n) is 17.5. The number of aromatic nitrogens is 2. The minimum atomic E-state index is -0.0830. The fourth-order valence-electron chi connectivity index (χ4n) is 3.72. The smallest absolute Gasteiger partial charge is 0.257 e. The molecule has 0 aliphatic heterocycles. The minimum absolute atomic E-state index is 0.0830. The lowest BCUT2D eigenvalue weighted by atomic mass is 10.0. The van der Waals surface area contributed by atoms with Crippen molar-refractivity contribution in [2.45, 2.75) is 19.9 Å². The number of methoxy groups -OCH3 is 1. The van der Waals surface area contributed by atoms with Crippen molar-refractivity contribution in [3.05, 3.63) is 94.7 Å². The highest BCUT2D eigenvalue weighted by Crippen LogP contribution is 2.29. The molecule has 0 bridgehead atoms. The molecule has 30 heavy (non-hydrogen) atoms. The van der Waals surface area contributed by atoms with Gasteiger partial charge in [0.15, 0.2) is 0 Å². The summed E-state index contributed by atoms with van der Waals surface area (Å²) in [5.41, 5.74) is 5.79. The van der Waals surface area contributed by atoms with Crippen molar-refractivity contribution in [2.24, 2.45) is 0 Å². The molecule has 0 atom stereocenters. The van der Waals surface area contributed by atoms with E-state index in [1.807, 2.05) is 49.5 Å². The van der Waals surface area contributed by atoms with E-state index in [4.69, 9.17) is 4.74 Å². The van der Waals surface area contributed by atoms with E-state index < -0.39 is 0 Å². The van der Waals surface area contributed by atoms with Gasteiger partial charge in [-0.2, -0.15) is 5.10 Å². The zero-order valence-corrected chi connectivity index (χ0v) is 17.5. The van der Waals surface area contributed by atoms with Crippen LogP contribution in [0.25, 0.3) is 10.9 Å². The second-order valence-corrected chi connectivity index (χ2v) is 7.58. The SMILES string of the molecule is COc1cc2[nH]nc(Cc3cccc(C)c3)c2cc1C(=O)N(C)Cc1ccccc1. The fourth-order valence-corrected chi connectivity index (χ4v) is 3.72. The second kappa shape index (κ2) is 8.41. The molecule has 0 unspecified atom stereocenters. The molecule has 0 aliphatic rings. The first-order chi connectivity index (χ1) is 14.5. The molecule has 0 aliphatic carbocycles. The van der Waals surface area contributed by atoms with Gasteiger partial charge in [0.1, 0.15) is 5.75 Å². The molecule has 1 aromatic heterocycles. The monoisotopic (exact) mass is 399 g/mol. The first-order valence-electron chi connectivity index (χ1n) is 9.95. The first kappa shape index (κ1) is 19.7. The third-order valence-corrected chi connectivity index (χ3v) is 5.26. The van der Waals surface area contributed by atoms with Crippen LogP contribution >= 0.6 is 0 Å². The predicted molar refractivity (Wildman–Crippen MR) is 119 cm³/mol. The van der Waals surface area contributed by atoms with E-state index in [9.17, 15) is 4.79 Å². The molecule has 0 saturated carbocycles. The number of hydrogen-bond donors (Lipinski definition) is 1. The van der Waals surface area contributed by atoms with Crippen molar-refractivity contribution in [1.82, 2.24) is 15.1 Å². The van der Waals surface area contributed by atoms with Gasteiger partial charge in [-0.05, 0) is 24.1 Å². The van der Waals surface area contributed by atoms with Crippen molar-refractivity contribution in [3.8, 4) is 5.75 Å². The van der Waals surface area contributed by atoms with Crippen LogP contribution < -0.4 is 4.74 Å². The van der Waals surface area contributed by atoms with Gasteiger partial charge in [0, 0.05) is 31.5 Å². The van der Waals surface area contributed by atoms with Gasteiger partial charge in [-0.15, -0.1) is 0 Å². The Morgan fingerprint density at radius 3 is 2.53 bits per heavy atom. The number of amides is 1. The van der Waals surface area contributed by atoms with Crippen LogP contribution in [0.2, 0.25) is 0 Å². The summed E-state index contributed by atoms with van der Waals surface area (Å²) < 4.78 is 5.52. The highest BCUT2D eigenvalue weighted by Gasteiger charge is 2.20. The lowest BCUT2D eigenvalue weighted by Gasteiger charge is -2.19. The van der Waals surface area contributed by atoms with Crippen LogP contribution in [0.15, 0.2) is 66.7 Å². The number of hydrogen-bond acceptors (Lipinski definition) is 3. The van der Waals surface area contributed by atoms with E-state index >= 15 is 0 Å². The molecule has 0 radical (unpaired) electrons. The summed E-state index contributed by atoms with van der Waals surface area (Å²) in [4.78, 5) is 14.9. The van der Waals surface area contributed by atoms with Crippen molar-refractivity contribution >= 4 is 16.8 Å². The minimum Gasteiger partial charge on any atom is -0.496 e. The molecule has 0 spiro atoms. The largest absolute Gasteiger partial charge is 0.496 e. The molecule has 5 heteroatoms. The van der Waals surface area contributed by atoms with Gasteiger partial charge in [0.2, 0.25) is 0 Å². The Kier molecular flexibility index (Phi) is 5.53. The van der Waals surface area contributed by atoms with Gasteiger partial charge in [-0.25, -0.2) is 0 Å². The summed E-state index contributed by atoms with van der Waals surface area (Å²) >= 11 is 0. The molecular formula is C25H25N3O2. The number of H-pyrrole nitrogens is 1. The molecular weight excluding hydrogens is 374 g/mol. The molecule has 0 saturated heterocycles. The van der Waals surface area contributed by atoms with Crippen molar-refractivity contribution in [2.75, 3.05) is 14.2 Å². The number of nitrogens with zero attached hydrogens (tertiary/aromatic N) is 2. The van der Waals surface area contributed by atoms with Gasteiger partial charge >= 0.3 is 0 Å². The maximum absolute atomic E-state index is 13.2. The number of carbonyl (C=O) groups excluding carboxylic acids is 1. The molecule has 5 nitrogen and oxygen atoms in total. The number of fused-ring (bicyclic) bond motifs is 1. The summed E-state index contributed by atoms with van der Waals surface area (Å²) in [6, 6.07) is 22.1. The number of aromatic amines is 1. The van der Waals surface area contributed by atoms with E-state index in [-0.39, 0.29) is 5.91 Å². The molecule has 1 heterocycles. The molecule has 1 amide bonds. The summed E-state index contributed by atoms with van der Waals surface area (Å²) in [5.74, 6) is 0.457. The van der Waals surface area contributed by atoms with Crippen LogP contribution in [-0.4, -0.2) is 35.2 Å². The van der Waals surface area contributed by atoms with Gasteiger partial charge in [0.25, 0.3) is 5.91 Å². The fraction of sp³-hybridized carbons (Fsp3) is 0.200. The maximum Gasteiger partial charge on any atom is 0.257 e. The Morgan fingerprint density at radius 1 is 1.03 bits per heavy atom. The van der Waals surface area contributed by atoms with E-state index in [0.717, 1.165) is 22.2 Å². The third-order valence-electron chi connectivity index (χ3n) is 5.26. The Labute approximate surface area is 176 Å². The first-order valence-corrected chi connectivity index (χ1v) is 9.95. The van der Waals surface area contributed by atoms with E-state index in [2.05, 4.69) is 41.4 Å². The Hall–Kier alpha value is -3.60. The Bertz CT molecular complexity index is 1180. The number of carbonyl (C=O) groups is 1. The van der Waals surface area contributed by atoms with Crippen LogP contribution in [0.1, 0.15) is 32.7 Å². The summed E-state index contributed by atoms with van der Waals surface area (Å²) in [5, 5.41) is 8.52. The number of nitrogens with one attached hydrogen (secondary N) is 1. The quantitative estimate of drug-likeness (QED) is 0.509. The molecule has 3 aromatic carbocycles. The molecule has 0 fully saturated rings. The number of rotatable bonds is 6. The van der Waals surface area contributed by atoms with Crippen molar-refractivity contribution in [3.63, 3.8) is 0 Å². The Balaban J connectivity index is 1.67. The second-order valence-electron chi connectivity index (χ2n) is 7.58. The molecule has 152 valence electrons. The van der Waals surface area contributed by atoms with Crippen LogP contribution in [0, 0.1) is 6.92 Å². The third kappa shape index (κ3) is 4.06. The lowest BCUT2D eigenvalue weighted by molar-refractivity contribution is 0.0782. The van der Waals surface area contributed by atoms with Crippen LogP contribution in [0.4, 0.5) is 0 Å². The molecule has 4 rings (SSSR count). The Morgan fingerprint density at radius 2 is 1.80 bits per heavy atom. The molecule has 4 aromatic rings. The van der Waals surface area contributed by atoms with E-state index in [1.54, 1.807) is 12.0 Å². The van der Waals surface area contributed by atoms with Crippen LogP contribution in [0.3, 0.4) is 0 Å². The predicted octanol–water partition coefficient (Wildman–Crippen LogP) is 4.74. The normalized spacial score (nSPS) is 10.9. The van der Waals surface area contributed by atoms with Gasteiger partial charge in [0.05, 0.1) is 23.9 Å². The maximum atomic E-state index is 13.2. The highest BCUT2D eigenvalue weighted by molar-refractivity contribution is 6.01. The van der Waals surface area contributed by atoms with E-state index in [1.165, 1.54) is 11.1 Å². The standard InChI is InChI=1S/C25H25N3O2/c1-17-8-7-11-19(12-17)13-22-20-14-21(24(30-3)15-23(20)27-26-22)25(29)28(2)16-18-9-5-4-6-10-18/h4-12,14-15H,13,16H2,1-3H3,(H,26,27). The zero-order chi connectivity index (χ0) is 21.1. The van der Waals surface area contributed by atoms with Crippen molar-refractivity contribution < 1.29 is 9.53 Å². The van der Waals surface area contributed by atoms with Crippen LogP contribution in [-0.2, 0) is 13.0 Å². The van der Waals surface area contributed by atoms with Crippen LogP contribution in [0.5, 0.6) is 5.75 Å². The average Bonchev–Trinajstić information content (AvgIpc) is 3.14. The summed E-state index contributed by atoms with van der Waals surface area (Å²) in [7, 11) is 3.39. The number of ether oxygens (including phenoxy) is 1. The van der Waals surface area contributed by atoms with Gasteiger partial charge in [-0.1, -0.05) is 60.2 Å². The lowest BCUT2D eigenvalue weighted by Crippen LogP contribution is -2.26. The highest BCUT2D eigenvalue weighted by atomic mass is 16.5. The molecule has 1 N–H and O–H groups in total. The van der Waals surface area contributed by atoms with E-state index in [0.29, 0.717) is 24.3 Å². The number of benzene rings is 3. The summed E-state index contributed by atoms with van der Waals surface area (Å²) in [6.45, 7) is 2.61. The van der Waals surface area contributed by atoms with Gasteiger partial charge < -0.3 is 9.64 Å². The topological polar surface area (TPSA) is 58.2 Å².